The van der Waals surface area contributed by atoms with Gasteiger partial charge in [-0.3, -0.25) is 14.5 Å². The number of aliphatic imine (C=N–C) groups is 1. The van der Waals surface area contributed by atoms with Crippen molar-refractivity contribution in [1.29, 1.82) is 0 Å². The van der Waals surface area contributed by atoms with Crippen LogP contribution in [-0.2, 0) is 13.1 Å². The second kappa shape index (κ2) is 8.86. The number of primary amides is 1. The Bertz CT molecular complexity index is 750. The average molecular weight is 342 g/mol. The number of aryl methyl sites for hydroxylation is 3. The minimum atomic E-state index is -0.423. The van der Waals surface area contributed by atoms with E-state index in [1.165, 1.54) is 5.69 Å². The molecule has 0 unspecified atom stereocenters. The summed E-state index contributed by atoms with van der Waals surface area (Å²) in [5.74, 6) is 0.298. The number of carbonyl (C=O) groups excluding carboxylic acids is 1. The van der Waals surface area contributed by atoms with Crippen molar-refractivity contribution in [2.75, 3.05) is 13.6 Å². The molecular formula is C18H26N6O. The average Bonchev–Trinajstić information content (AvgIpc) is 2.92. The molecule has 0 saturated heterocycles. The number of amides is 1. The van der Waals surface area contributed by atoms with Crippen LogP contribution in [0.3, 0.4) is 0 Å². The highest BCUT2D eigenvalue weighted by Crippen LogP contribution is 2.04. The lowest BCUT2D eigenvalue weighted by Crippen LogP contribution is -2.37. The third-order valence-corrected chi connectivity index (χ3v) is 3.84. The van der Waals surface area contributed by atoms with Crippen LogP contribution >= 0.6 is 0 Å². The minimum Gasteiger partial charge on any atom is -0.366 e. The van der Waals surface area contributed by atoms with Crippen LogP contribution in [0.2, 0.25) is 0 Å². The third-order valence-electron chi connectivity index (χ3n) is 3.84. The predicted molar refractivity (Wildman–Crippen MR) is 99.5 cm³/mol. The molecule has 1 amide bonds. The van der Waals surface area contributed by atoms with Gasteiger partial charge >= 0.3 is 0 Å². The maximum Gasteiger partial charge on any atom is 0.248 e. The van der Waals surface area contributed by atoms with Crippen molar-refractivity contribution in [3.05, 3.63) is 52.8 Å². The fourth-order valence-electron chi connectivity index (χ4n) is 2.58. The zero-order valence-electron chi connectivity index (χ0n) is 15.0. The first-order valence-corrected chi connectivity index (χ1v) is 8.34. The number of aromatic nitrogens is 2. The lowest BCUT2D eigenvalue weighted by atomic mass is 10.1. The number of hydrogen-bond donors (Lipinski definition) is 3. The van der Waals surface area contributed by atoms with Crippen LogP contribution in [0.5, 0.6) is 0 Å². The molecule has 25 heavy (non-hydrogen) atoms. The van der Waals surface area contributed by atoms with Gasteiger partial charge in [0.15, 0.2) is 5.96 Å². The molecule has 0 fully saturated rings. The Labute approximate surface area is 148 Å². The molecule has 0 atom stereocenters. The first-order chi connectivity index (χ1) is 12.0. The van der Waals surface area contributed by atoms with Crippen molar-refractivity contribution in [3.63, 3.8) is 0 Å². The number of carbonyl (C=O) groups is 1. The van der Waals surface area contributed by atoms with E-state index in [9.17, 15) is 4.79 Å². The quantitative estimate of drug-likeness (QED) is 0.402. The molecule has 0 aliphatic heterocycles. The summed E-state index contributed by atoms with van der Waals surface area (Å²) < 4.78 is 2.02. The summed E-state index contributed by atoms with van der Waals surface area (Å²) in [6, 6.07) is 9.33. The maximum atomic E-state index is 11.2. The van der Waals surface area contributed by atoms with Gasteiger partial charge in [-0.15, -0.1) is 0 Å². The molecule has 7 heteroatoms. The highest BCUT2D eigenvalue weighted by Gasteiger charge is 2.03. The predicted octanol–water partition coefficient (Wildman–Crippen LogP) is 1.35. The van der Waals surface area contributed by atoms with Gasteiger partial charge < -0.3 is 16.4 Å². The lowest BCUT2D eigenvalue weighted by Gasteiger charge is -2.12. The SMILES string of the molecule is CN=C(NCCCn1nc(C)cc1C)NCc1cccc(C(N)=O)c1. The summed E-state index contributed by atoms with van der Waals surface area (Å²) in [4.78, 5) is 15.4. The highest BCUT2D eigenvalue weighted by atomic mass is 16.1. The van der Waals surface area contributed by atoms with Gasteiger partial charge in [0.1, 0.15) is 0 Å². The van der Waals surface area contributed by atoms with Gasteiger partial charge in [0.2, 0.25) is 5.91 Å². The standard InChI is InChI=1S/C18H26N6O/c1-13-10-14(2)24(23-13)9-5-8-21-18(20-3)22-12-15-6-4-7-16(11-15)17(19)25/h4,6-7,10-11H,5,8-9,12H2,1-3H3,(H2,19,25)(H2,20,21,22). The Morgan fingerprint density at radius 2 is 2.08 bits per heavy atom. The molecule has 4 N–H and O–H groups in total. The second-order valence-corrected chi connectivity index (χ2v) is 5.92. The van der Waals surface area contributed by atoms with Gasteiger partial charge in [-0.2, -0.15) is 5.10 Å². The molecule has 2 rings (SSSR count). The minimum absolute atomic E-state index is 0.423. The number of nitrogens with zero attached hydrogens (tertiary/aromatic N) is 3. The van der Waals surface area contributed by atoms with E-state index in [1.807, 2.05) is 23.7 Å². The molecule has 1 aromatic carbocycles. The van der Waals surface area contributed by atoms with Gasteiger partial charge in [0.05, 0.1) is 5.69 Å². The fraction of sp³-hybridized carbons (Fsp3) is 0.389. The van der Waals surface area contributed by atoms with E-state index in [-0.39, 0.29) is 0 Å². The van der Waals surface area contributed by atoms with E-state index in [1.54, 1.807) is 19.2 Å². The third kappa shape index (κ3) is 5.63. The van der Waals surface area contributed by atoms with Crippen LogP contribution in [0.1, 0.15) is 33.7 Å². The van der Waals surface area contributed by atoms with E-state index in [0.717, 1.165) is 36.7 Å². The molecule has 1 aromatic heterocycles. The normalized spacial score (nSPS) is 11.4. The topological polar surface area (TPSA) is 97.3 Å². The Balaban J connectivity index is 1.76. The van der Waals surface area contributed by atoms with Crippen LogP contribution in [0.25, 0.3) is 0 Å². The molecule has 0 aliphatic carbocycles. The summed E-state index contributed by atoms with van der Waals surface area (Å²) in [7, 11) is 1.73. The number of benzene rings is 1. The van der Waals surface area contributed by atoms with Crippen LogP contribution < -0.4 is 16.4 Å². The van der Waals surface area contributed by atoms with Crippen molar-refractivity contribution in [2.24, 2.45) is 10.7 Å². The number of rotatable bonds is 7. The Hall–Kier alpha value is -2.83. The van der Waals surface area contributed by atoms with Crippen molar-refractivity contribution in [3.8, 4) is 0 Å². The zero-order valence-corrected chi connectivity index (χ0v) is 15.0. The molecule has 0 spiro atoms. The molecule has 0 radical (unpaired) electrons. The van der Waals surface area contributed by atoms with Crippen molar-refractivity contribution in [1.82, 2.24) is 20.4 Å². The van der Waals surface area contributed by atoms with Crippen LogP contribution in [0.15, 0.2) is 35.3 Å². The first kappa shape index (κ1) is 18.5. The Kier molecular flexibility index (Phi) is 6.56. The molecule has 0 saturated carbocycles. The van der Waals surface area contributed by atoms with Gasteiger partial charge in [0, 0.05) is 37.9 Å². The first-order valence-electron chi connectivity index (χ1n) is 8.34. The molecule has 1 heterocycles. The van der Waals surface area contributed by atoms with E-state index in [4.69, 9.17) is 5.73 Å². The molecule has 134 valence electrons. The number of hydrogen-bond acceptors (Lipinski definition) is 3. The summed E-state index contributed by atoms with van der Waals surface area (Å²) in [6.07, 6.45) is 0.944. The van der Waals surface area contributed by atoms with Crippen molar-refractivity contribution < 1.29 is 4.79 Å². The van der Waals surface area contributed by atoms with Crippen molar-refractivity contribution >= 4 is 11.9 Å². The lowest BCUT2D eigenvalue weighted by molar-refractivity contribution is 0.1000. The largest absolute Gasteiger partial charge is 0.366 e. The summed E-state index contributed by atoms with van der Waals surface area (Å²) in [6.45, 7) is 6.29. The monoisotopic (exact) mass is 342 g/mol. The van der Waals surface area contributed by atoms with E-state index >= 15 is 0 Å². The second-order valence-electron chi connectivity index (χ2n) is 5.92. The van der Waals surface area contributed by atoms with Gasteiger partial charge in [-0.25, -0.2) is 0 Å². The Morgan fingerprint density at radius 3 is 2.72 bits per heavy atom. The number of nitrogens with two attached hydrogens (primary N) is 1. The molecular weight excluding hydrogens is 316 g/mol. The van der Waals surface area contributed by atoms with Gasteiger partial charge in [-0.1, -0.05) is 12.1 Å². The van der Waals surface area contributed by atoms with E-state index < -0.39 is 5.91 Å². The van der Waals surface area contributed by atoms with Gasteiger partial charge in [-0.05, 0) is 44.0 Å². The molecule has 2 aromatic rings. The van der Waals surface area contributed by atoms with E-state index in [2.05, 4.69) is 33.7 Å². The maximum absolute atomic E-state index is 11.2. The fourth-order valence-corrected chi connectivity index (χ4v) is 2.58. The van der Waals surface area contributed by atoms with Gasteiger partial charge in [0.25, 0.3) is 0 Å². The number of guanidine groups is 1. The number of nitrogens with one attached hydrogen (secondary N) is 2. The van der Waals surface area contributed by atoms with Crippen LogP contribution in [0, 0.1) is 13.8 Å². The smallest absolute Gasteiger partial charge is 0.248 e. The summed E-state index contributed by atoms with van der Waals surface area (Å²) in [5, 5.41) is 11.0. The zero-order chi connectivity index (χ0) is 18.2. The van der Waals surface area contributed by atoms with Crippen LogP contribution in [0.4, 0.5) is 0 Å². The molecule has 0 aliphatic rings. The molecule has 7 nitrogen and oxygen atoms in total. The van der Waals surface area contributed by atoms with Crippen LogP contribution in [-0.4, -0.2) is 35.2 Å². The highest BCUT2D eigenvalue weighted by molar-refractivity contribution is 5.92. The Morgan fingerprint density at radius 1 is 1.28 bits per heavy atom. The van der Waals surface area contributed by atoms with E-state index in [0.29, 0.717) is 12.1 Å². The summed E-state index contributed by atoms with van der Waals surface area (Å²) >= 11 is 0. The summed E-state index contributed by atoms with van der Waals surface area (Å²) in [5.41, 5.74) is 9.00. The van der Waals surface area contributed by atoms with Crippen molar-refractivity contribution in [2.45, 2.75) is 33.4 Å². The molecule has 0 bridgehead atoms.